The molecule has 1 N–H and O–H groups in total. The fourth-order valence-corrected chi connectivity index (χ4v) is 2.76. The standard InChI is InChI=1S/C13H11ClFNO2S/c14-9-10-2-1-3-12(8-10)16-19(17,18)13-6-4-11(15)5-7-13/h1-8,16H,9H2. The molecule has 0 aliphatic carbocycles. The first-order valence-corrected chi connectivity index (χ1v) is 7.46. The Morgan fingerprint density at radius 2 is 1.79 bits per heavy atom. The van der Waals surface area contributed by atoms with Gasteiger partial charge < -0.3 is 0 Å². The van der Waals surface area contributed by atoms with Crippen LogP contribution in [0.25, 0.3) is 0 Å². The Hall–Kier alpha value is -1.59. The lowest BCUT2D eigenvalue weighted by Crippen LogP contribution is -2.13. The quantitative estimate of drug-likeness (QED) is 0.880. The molecule has 0 aliphatic rings. The highest BCUT2D eigenvalue weighted by atomic mass is 35.5. The Bertz CT molecular complexity index is 671. The van der Waals surface area contributed by atoms with Gasteiger partial charge in [0.25, 0.3) is 10.0 Å². The molecule has 0 amide bonds. The van der Waals surface area contributed by atoms with Crippen LogP contribution in [0.3, 0.4) is 0 Å². The number of alkyl halides is 1. The second-order valence-electron chi connectivity index (χ2n) is 3.89. The third kappa shape index (κ3) is 3.45. The van der Waals surface area contributed by atoms with E-state index >= 15 is 0 Å². The van der Waals surface area contributed by atoms with Crippen LogP contribution in [0, 0.1) is 5.82 Å². The maximum atomic E-state index is 12.8. The topological polar surface area (TPSA) is 46.2 Å². The molecule has 3 nitrogen and oxygen atoms in total. The number of halogens is 2. The zero-order chi connectivity index (χ0) is 13.9. The first kappa shape index (κ1) is 13.8. The lowest BCUT2D eigenvalue weighted by atomic mass is 10.2. The fraction of sp³-hybridized carbons (Fsp3) is 0.0769. The second-order valence-corrected chi connectivity index (χ2v) is 5.84. The summed E-state index contributed by atoms with van der Waals surface area (Å²) in [6, 6.07) is 11.4. The first-order valence-electron chi connectivity index (χ1n) is 5.44. The number of benzene rings is 2. The third-order valence-corrected chi connectivity index (χ3v) is 4.16. The lowest BCUT2D eigenvalue weighted by molar-refractivity contribution is 0.599. The molecular formula is C13H11ClFNO2S. The minimum Gasteiger partial charge on any atom is -0.280 e. The molecule has 2 aromatic rings. The van der Waals surface area contributed by atoms with E-state index in [1.807, 2.05) is 0 Å². The highest BCUT2D eigenvalue weighted by Gasteiger charge is 2.14. The largest absolute Gasteiger partial charge is 0.280 e. The predicted octanol–water partition coefficient (Wildman–Crippen LogP) is 3.37. The molecule has 0 saturated carbocycles. The normalized spacial score (nSPS) is 11.3. The van der Waals surface area contributed by atoms with Crippen molar-refractivity contribution in [2.24, 2.45) is 0 Å². The summed E-state index contributed by atoms with van der Waals surface area (Å²) in [7, 11) is -3.71. The van der Waals surface area contributed by atoms with Gasteiger partial charge in [-0.05, 0) is 42.0 Å². The summed E-state index contributed by atoms with van der Waals surface area (Å²) in [5, 5.41) is 0. The zero-order valence-corrected chi connectivity index (χ0v) is 11.4. The average molecular weight is 300 g/mol. The van der Waals surface area contributed by atoms with Gasteiger partial charge in [-0.15, -0.1) is 11.6 Å². The molecule has 2 rings (SSSR count). The van der Waals surface area contributed by atoms with Crippen molar-refractivity contribution in [1.29, 1.82) is 0 Å². The second kappa shape index (κ2) is 5.59. The van der Waals surface area contributed by atoms with Gasteiger partial charge >= 0.3 is 0 Å². The molecule has 6 heteroatoms. The van der Waals surface area contributed by atoms with Crippen LogP contribution in [0.4, 0.5) is 10.1 Å². The van der Waals surface area contributed by atoms with Crippen molar-refractivity contribution in [3.63, 3.8) is 0 Å². The monoisotopic (exact) mass is 299 g/mol. The third-order valence-electron chi connectivity index (χ3n) is 2.46. The van der Waals surface area contributed by atoms with Gasteiger partial charge in [0.2, 0.25) is 0 Å². The van der Waals surface area contributed by atoms with Crippen molar-refractivity contribution in [2.45, 2.75) is 10.8 Å². The number of sulfonamides is 1. The SMILES string of the molecule is O=S(=O)(Nc1cccc(CCl)c1)c1ccc(F)cc1. The number of hydrogen-bond acceptors (Lipinski definition) is 2. The summed E-state index contributed by atoms with van der Waals surface area (Å²) in [5.74, 6) is -0.186. The average Bonchev–Trinajstić information content (AvgIpc) is 2.39. The molecular weight excluding hydrogens is 289 g/mol. The molecule has 0 spiro atoms. The Morgan fingerprint density at radius 3 is 2.42 bits per heavy atom. The summed E-state index contributed by atoms with van der Waals surface area (Å²) < 4.78 is 39.3. The van der Waals surface area contributed by atoms with E-state index in [2.05, 4.69) is 4.72 Å². The van der Waals surface area contributed by atoms with Crippen molar-refractivity contribution in [3.05, 3.63) is 59.9 Å². The van der Waals surface area contributed by atoms with Crippen molar-refractivity contribution in [1.82, 2.24) is 0 Å². The van der Waals surface area contributed by atoms with E-state index in [1.165, 1.54) is 12.1 Å². The van der Waals surface area contributed by atoms with E-state index in [4.69, 9.17) is 11.6 Å². The predicted molar refractivity (Wildman–Crippen MR) is 73.2 cm³/mol. The van der Waals surface area contributed by atoms with E-state index in [0.717, 1.165) is 17.7 Å². The Morgan fingerprint density at radius 1 is 1.11 bits per heavy atom. The fourth-order valence-electron chi connectivity index (χ4n) is 1.55. The van der Waals surface area contributed by atoms with Crippen LogP contribution >= 0.6 is 11.6 Å². The molecule has 2 aromatic carbocycles. The van der Waals surface area contributed by atoms with Gasteiger partial charge in [0.05, 0.1) is 4.90 Å². The van der Waals surface area contributed by atoms with Gasteiger partial charge in [-0.1, -0.05) is 12.1 Å². The number of hydrogen-bond donors (Lipinski definition) is 1. The summed E-state index contributed by atoms with van der Waals surface area (Å²) in [6.45, 7) is 0. The van der Waals surface area contributed by atoms with Crippen LogP contribution in [0.1, 0.15) is 5.56 Å². The van der Waals surface area contributed by atoms with Crippen molar-refractivity contribution in [2.75, 3.05) is 4.72 Å². The van der Waals surface area contributed by atoms with Crippen LogP contribution in [-0.2, 0) is 15.9 Å². The summed E-state index contributed by atoms with van der Waals surface area (Å²) in [5.41, 5.74) is 1.23. The molecule has 19 heavy (non-hydrogen) atoms. The molecule has 100 valence electrons. The molecule has 0 aromatic heterocycles. The number of anilines is 1. The molecule has 0 bridgehead atoms. The highest BCUT2D eigenvalue weighted by molar-refractivity contribution is 7.92. The Labute approximate surface area is 116 Å². The maximum absolute atomic E-state index is 12.8. The van der Waals surface area contributed by atoms with E-state index < -0.39 is 15.8 Å². The lowest BCUT2D eigenvalue weighted by Gasteiger charge is -2.08. The Balaban J connectivity index is 2.28. The summed E-state index contributed by atoms with van der Waals surface area (Å²) >= 11 is 5.69. The molecule has 0 aliphatic heterocycles. The summed E-state index contributed by atoms with van der Waals surface area (Å²) in [6.07, 6.45) is 0. The molecule has 0 radical (unpaired) electrons. The van der Waals surface area contributed by atoms with Gasteiger partial charge in [-0.3, -0.25) is 4.72 Å². The zero-order valence-electron chi connectivity index (χ0n) is 9.81. The van der Waals surface area contributed by atoms with Crippen LogP contribution in [0.15, 0.2) is 53.4 Å². The van der Waals surface area contributed by atoms with Gasteiger partial charge in [0.1, 0.15) is 5.82 Å². The van der Waals surface area contributed by atoms with Crippen LogP contribution in [0.5, 0.6) is 0 Å². The van der Waals surface area contributed by atoms with Crippen molar-refractivity contribution in [3.8, 4) is 0 Å². The highest BCUT2D eigenvalue weighted by Crippen LogP contribution is 2.18. The van der Waals surface area contributed by atoms with Crippen LogP contribution in [-0.4, -0.2) is 8.42 Å². The van der Waals surface area contributed by atoms with Crippen LogP contribution < -0.4 is 4.72 Å². The summed E-state index contributed by atoms with van der Waals surface area (Å²) in [4.78, 5) is 0.00479. The van der Waals surface area contributed by atoms with E-state index in [9.17, 15) is 12.8 Å². The van der Waals surface area contributed by atoms with E-state index in [0.29, 0.717) is 11.6 Å². The Kier molecular flexibility index (Phi) is 4.07. The molecule has 0 atom stereocenters. The molecule has 0 heterocycles. The van der Waals surface area contributed by atoms with Crippen molar-refractivity contribution < 1.29 is 12.8 Å². The van der Waals surface area contributed by atoms with Gasteiger partial charge in [0.15, 0.2) is 0 Å². The minimum atomic E-state index is -3.71. The van der Waals surface area contributed by atoms with Gasteiger partial charge in [-0.2, -0.15) is 0 Å². The number of nitrogens with one attached hydrogen (secondary N) is 1. The smallest absolute Gasteiger partial charge is 0.261 e. The first-order chi connectivity index (χ1) is 9.01. The molecule has 0 fully saturated rings. The van der Waals surface area contributed by atoms with Gasteiger partial charge in [-0.25, -0.2) is 12.8 Å². The van der Waals surface area contributed by atoms with Crippen molar-refractivity contribution >= 4 is 27.3 Å². The maximum Gasteiger partial charge on any atom is 0.261 e. The van der Waals surface area contributed by atoms with E-state index in [-0.39, 0.29) is 4.90 Å². The van der Waals surface area contributed by atoms with Crippen LogP contribution in [0.2, 0.25) is 0 Å². The van der Waals surface area contributed by atoms with E-state index in [1.54, 1.807) is 24.3 Å². The molecule has 0 unspecified atom stereocenters. The number of rotatable bonds is 4. The van der Waals surface area contributed by atoms with Gasteiger partial charge in [0, 0.05) is 11.6 Å². The minimum absolute atomic E-state index is 0.00479. The molecule has 0 saturated heterocycles.